The van der Waals surface area contributed by atoms with E-state index in [1.54, 1.807) is 4.68 Å². The predicted octanol–water partition coefficient (Wildman–Crippen LogP) is 2.32. The van der Waals surface area contributed by atoms with Gasteiger partial charge in [0, 0.05) is 20.1 Å². The van der Waals surface area contributed by atoms with Crippen molar-refractivity contribution in [1.29, 1.82) is 0 Å². The summed E-state index contributed by atoms with van der Waals surface area (Å²) in [5.74, 6) is 0.700. The second-order valence-electron chi connectivity index (χ2n) is 6.71. The number of rotatable bonds is 4. The van der Waals surface area contributed by atoms with Gasteiger partial charge in [-0.25, -0.2) is 0 Å². The predicted molar refractivity (Wildman–Crippen MR) is 92.6 cm³/mol. The molecule has 0 saturated carbocycles. The van der Waals surface area contributed by atoms with Gasteiger partial charge in [0.2, 0.25) is 0 Å². The van der Waals surface area contributed by atoms with Crippen molar-refractivity contribution in [3.8, 4) is 0 Å². The molecule has 0 unspecified atom stereocenters. The van der Waals surface area contributed by atoms with Crippen LogP contribution in [0.5, 0.6) is 0 Å². The van der Waals surface area contributed by atoms with Gasteiger partial charge in [0.1, 0.15) is 5.69 Å². The number of hydrogen-bond donors (Lipinski definition) is 1. The number of benzene rings is 1. The van der Waals surface area contributed by atoms with Crippen LogP contribution in [0.2, 0.25) is 0 Å². The number of aliphatic hydroxyl groups excluding tert-OH is 1. The monoisotopic (exact) mass is 327 g/mol. The van der Waals surface area contributed by atoms with E-state index in [1.807, 2.05) is 37.1 Å². The lowest BCUT2D eigenvalue weighted by Gasteiger charge is -2.32. The van der Waals surface area contributed by atoms with Crippen LogP contribution in [0.4, 0.5) is 0 Å². The summed E-state index contributed by atoms with van der Waals surface area (Å²) in [6.45, 7) is 3.62. The number of aliphatic hydroxyl groups is 1. The Bertz CT molecular complexity index is 698. The minimum absolute atomic E-state index is 0.0869. The second-order valence-corrected chi connectivity index (χ2v) is 6.71. The first-order valence-electron chi connectivity index (χ1n) is 8.55. The zero-order valence-electron chi connectivity index (χ0n) is 14.4. The lowest BCUT2D eigenvalue weighted by atomic mass is 9.90. The highest BCUT2D eigenvalue weighted by atomic mass is 16.3. The lowest BCUT2D eigenvalue weighted by molar-refractivity contribution is 0.0679. The van der Waals surface area contributed by atoms with Gasteiger partial charge in [-0.05, 0) is 49.3 Å². The van der Waals surface area contributed by atoms with Crippen molar-refractivity contribution in [2.45, 2.75) is 32.8 Å². The molecule has 1 saturated heterocycles. The number of carbonyl (C=O) groups is 1. The Morgan fingerprint density at radius 3 is 2.38 bits per heavy atom. The number of nitrogens with zero attached hydrogens (tertiary/aromatic N) is 3. The number of amides is 1. The molecule has 1 N–H and O–H groups in total. The van der Waals surface area contributed by atoms with E-state index in [9.17, 15) is 4.79 Å². The number of carbonyl (C=O) groups excluding carboxylic acids is 1. The largest absolute Gasteiger partial charge is 0.392 e. The molecular formula is C19H25N3O2. The maximum atomic E-state index is 12.6. The Morgan fingerprint density at radius 1 is 1.21 bits per heavy atom. The molecule has 2 aromatic rings. The molecule has 1 aromatic heterocycles. The van der Waals surface area contributed by atoms with Crippen LogP contribution in [0, 0.1) is 12.8 Å². The Balaban J connectivity index is 1.55. The summed E-state index contributed by atoms with van der Waals surface area (Å²) in [5, 5.41) is 13.4. The van der Waals surface area contributed by atoms with Crippen molar-refractivity contribution >= 4 is 5.91 Å². The Hall–Kier alpha value is -2.14. The van der Waals surface area contributed by atoms with Crippen LogP contribution < -0.4 is 0 Å². The molecule has 24 heavy (non-hydrogen) atoms. The van der Waals surface area contributed by atoms with Gasteiger partial charge in [-0.3, -0.25) is 9.48 Å². The van der Waals surface area contributed by atoms with E-state index in [4.69, 9.17) is 5.11 Å². The minimum Gasteiger partial charge on any atom is -0.392 e. The summed E-state index contributed by atoms with van der Waals surface area (Å²) >= 11 is 0. The van der Waals surface area contributed by atoms with Crippen LogP contribution in [-0.2, 0) is 20.1 Å². The molecule has 3 rings (SSSR count). The van der Waals surface area contributed by atoms with Gasteiger partial charge >= 0.3 is 0 Å². The average Bonchev–Trinajstić information content (AvgIpc) is 2.94. The van der Waals surface area contributed by atoms with E-state index in [1.165, 1.54) is 5.56 Å². The van der Waals surface area contributed by atoms with E-state index >= 15 is 0 Å². The minimum atomic E-state index is 0.0869. The van der Waals surface area contributed by atoms with Crippen molar-refractivity contribution in [3.05, 3.63) is 52.8 Å². The van der Waals surface area contributed by atoms with Gasteiger partial charge in [-0.2, -0.15) is 5.10 Å². The van der Waals surface area contributed by atoms with Gasteiger partial charge in [0.15, 0.2) is 0 Å². The zero-order valence-corrected chi connectivity index (χ0v) is 14.4. The fraction of sp³-hybridized carbons (Fsp3) is 0.474. The summed E-state index contributed by atoms with van der Waals surface area (Å²) in [6, 6.07) is 10.0. The zero-order chi connectivity index (χ0) is 17.1. The quantitative estimate of drug-likeness (QED) is 0.937. The van der Waals surface area contributed by atoms with Crippen molar-refractivity contribution in [1.82, 2.24) is 14.7 Å². The van der Waals surface area contributed by atoms with E-state index in [0.29, 0.717) is 11.6 Å². The molecule has 5 nitrogen and oxygen atoms in total. The molecule has 1 aromatic carbocycles. The summed E-state index contributed by atoms with van der Waals surface area (Å²) in [5.41, 5.74) is 3.80. The first-order valence-corrected chi connectivity index (χ1v) is 8.55. The van der Waals surface area contributed by atoms with E-state index < -0.39 is 0 Å². The molecule has 0 atom stereocenters. The molecule has 0 aliphatic carbocycles. The maximum absolute atomic E-state index is 12.6. The van der Waals surface area contributed by atoms with Gasteiger partial charge in [0.05, 0.1) is 12.3 Å². The third-order valence-corrected chi connectivity index (χ3v) is 4.85. The summed E-state index contributed by atoms with van der Waals surface area (Å²) in [4.78, 5) is 14.6. The second kappa shape index (κ2) is 7.18. The molecule has 0 bridgehead atoms. The van der Waals surface area contributed by atoms with Crippen LogP contribution in [0.3, 0.4) is 0 Å². The number of hydrogen-bond acceptors (Lipinski definition) is 3. The van der Waals surface area contributed by atoms with Gasteiger partial charge in [-0.1, -0.05) is 24.3 Å². The molecular weight excluding hydrogens is 302 g/mol. The third-order valence-electron chi connectivity index (χ3n) is 4.85. The van der Waals surface area contributed by atoms with Crippen LogP contribution in [0.1, 0.15) is 40.2 Å². The molecule has 1 amide bonds. The summed E-state index contributed by atoms with van der Waals surface area (Å²) < 4.78 is 1.67. The number of aryl methyl sites for hydroxylation is 2. The topological polar surface area (TPSA) is 58.4 Å². The Morgan fingerprint density at radius 2 is 1.83 bits per heavy atom. The lowest BCUT2D eigenvalue weighted by Crippen LogP contribution is -2.39. The van der Waals surface area contributed by atoms with Crippen molar-refractivity contribution < 1.29 is 9.90 Å². The third kappa shape index (κ3) is 3.67. The standard InChI is InChI=1S/C19H25N3O2/c1-14-11-18(21(2)20-14)19(24)22-9-7-16(8-10-22)12-15-3-5-17(13-23)6-4-15/h3-6,11,16,23H,7-10,12-13H2,1-2H3. The Labute approximate surface area is 142 Å². The smallest absolute Gasteiger partial charge is 0.272 e. The normalized spacial score (nSPS) is 15.7. The van der Waals surface area contributed by atoms with Crippen LogP contribution in [-0.4, -0.2) is 38.8 Å². The molecule has 128 valence electrons. The van der Waals surface area contributed by atoms with Crippen molar-refractivity contribution in [3.63, 3.8) is 0 Å². The molecule has 0 radical (unpaired) electrons. The summed E-state index contributed by atoms with van der Waals surface area (Å²) in [7, 11) is 1.82. The molecule has 5 heteroatoms. The highest BCUT2D eigenvalue weighted by molar-refractivity contribution is 5.92. The highest BCUT2D eigenvalue weighted by Crippen LogP contribution is 2.23. The molecule has 2 heterocycles. The van der Waals surface area contributed by atoms with Gasteiger partial charge in [0.25, 0.3) is 5.91 Å². The molecule has 1 aliphatic rings. The molecule has 0 spiro atoms. The van der Waals surface area contributed by atoms with Crippen LogP contribution >= 0.6 is 0 Å². The van der Waals surface area contributed by atoms with E-state index in [2.05, 4.69) is 17.2 Å². The number of aromatic nitrogens is 2. The Kier molecular flexibility index (Phi) is 5.00. The van der Waals surface area contributed by atoms with Crippen LogP contribution in [0.15, 0.2) is 30.3 Å². The fourth-order valence-corrected chi connectivity index (χ4v) is 3.43. The van der Waals surface area contributed by atoms with E-state index in [0.717, 1.165) is 43.6 Å². The first kappa shape index (κ1) is 16.7. The SMILES string of the molecule is Cc1cc(C(=O)N2CCC(Cc3ccc(CO)cc3)CC2)n(C)n1. The van der Waals surface area contributed by atoms with E-state index in [-0.39, 0.29) is 12.5 Å². The maximum Gasteiger partial charge on any atom is 0.272 e. The molecule has 1 aliphatic heterocycles. The van der Waals surface area contributed by atoms with Gasteiger partial charge in [-0.15, -0.1) is 0 Å². The summed E-state index contributed by atoms with van der Waals surface area (Å²) in [6.07, 6.45) is 3.10. The first-order chi connectivity index (χ1) is 11.6. The van der Waals surface area contributed by atoms with Crippen LogP contribution in [0.25, 0.3) is 0 Å². The molecule has 1 fully saturated rings. The average molecular weight is 327 g/mol. The number of likely N-dealkylation sites (tertiary alicyclic amines) is 1. The van der Waals surface area contributed by atoms with Gasteiger partial charge < -0.3 is 10.0 Å². The highest BCUT2D eigenvalue weighted by Gasteiger charge is 2.25. The fourth-order valence-electron chi connectivity index (χ4n) is 3.43. The number of piperidine rings is 1. The van der Waals surface area contributed by atoms with Crippen molar-refractivity contribution in [2.24, 2.45) is 13.0 Å². The van der Waals surface area contributed by atoms with Crippen molar-refractivity contribution in [2.75, 3.05) is 13.1 Å².